The van der Waals surface area contributed by atoms with Crippen molar-refractivity contribution in [3.8, 4) is 11.3 Å². The minimum atomic E-state index is -0.705. The van der Waals surface area contributed by atoms with Crippen molar-refractivity contribution < 1.29 is 14.6 Å². The first-order valence-electron chi connectivity index (χ1n) is 10.6. The highest BCUT2D eigenvalue weighted by Crippen LogP contribution is 2.25. The fourth-order valence-electron chi connectivity index (χ4n) is 4.15. The molecule has 32 heavy (non-hydrogen) atoms. The van der Waals surface area contributed by atoms with E-state index in [1.54, 1.807) is 11.3 Å². The van der Waals surface area contributed by atoms with Gasteiger partial charge < -0.3 is 19.7 Å². The van der Waals surface area contributed by atoms with Crippen LogP contribution >= 0.6 is 11.3 Å². The first-order valence-corrected chi connectivity index (χ1v) is 11.5. The molecule has 0 spiro atoms. The molecule has 3 aromatic heterocycles. The molecule has 1 amide bonds. The van der Waals surface area contributed by atoms with Crippen LogP contribution in [0.5, 0.6) is 0 Å². The van der Waals surface area contributed by atoms with Gasteiger partial charge in [-0.1, -0.05) is 24.3 Å². The molecule has 164 valence electrons. The third kappa shape index (κ3) is 4.17. The highest BCUT2D eigenvalue weighted by atomic mass is 32.1. The third-order valence-corrected chi connectivity index (χ3v) is 6.45. The molecule has 2 atom stereocenters. The van der Waals surface area contributed by atoms with Crippen LogP contribution in [0.4, 0.5) is 0 Å². The summed E-state index contributed by atoms with van der Waals surface area (Å²) in [5.74, 6) is -0.276. The Labute approximate surface area is 189 Å². The van der Waals surface area contributed by atoms with E-state index in [4.69, 9.17) is 4.74 Å². The van der Waals surface area contributed by atoms with Crippen LogP contribution in [0, 0.1) is 0 Å². The van der Waals surface area contributed by atoms with E-state index in [2.05, 4.69) is 39.6 Å². The highest BCUT2D eigenvalue weighted by Gasteiger charge is 2.26. The number of hydrogen-bond acceptors (Lipinski definition) is 6. The van der Waals surface area contributed by atoms with E-state index >= 15 is 0 Å². The van der Waals surface area contributed by atoms with E-state index < -0.39 is 6.10 Å². The average molecular weight is 449 g/mol. The molecule has 0 radical (unpaired) electrons. The predicted octanol–water partition coefficient (Wildman–Crippen LogP) is 3.17. The third-order valence-electron chi connectivity index (χ3n) is 5.86. The number of amides is 1. The second-order valence-electron chi connectivity index (χ2n) is 8.09. The largest absolute Gasteiger partial charge is 0.389 e. The van der Waals surface area contributed by atoms with Crippen LogP contribution in [0.3, 0.4) is 0 Å². The second kappa shape index (κ2) is 8.82. The number of nitrogens with one attached hydrogen (secondary N) is 1. The SMILES string of the molecule is Cn1ccc2nc(C(=O)N[C@H]3CCOC[C@@H]3O)cc(Cc3ccc(-c4cscn4)cc3)c21. The Kier molecular flexibility index (Phi) is 5.73. The molecule has 0 aliphatic carbocycles. The normalized spacial score (nSPS) is 18.7. The van der Waals surface area contributed by atoms with Gasteiger partial charge in [0, 0.05) is 30.8 Å². The molecule has 0 unspecified atom stereocenters. The Bertz CT molecular complexity index is 1230. The molecular weight excluding hydrogens is 424 g/mol. The number of benzene rings is 1. The molecule has 2 N–H and O–H groups in total. The molecule has 1 aliphatic heterocycles. The van der Waals surface area contributed by atoms with Gasteiger partial charge in [0.05, 0.1) is 41.0 Å². The molecule has 1 saturated heterocycles. The Morgan fingerprint density at radius 1 is 1.31 bits per heavy atom. The van der Waals surface area contributed by atoms with E-state index in [0.717, 1.165) is 33.4 Å². The summed E-state index contributed by atoms with van der Waals surface area (Å²) >= 11 is 1.58. The number of aliphatic hydroxyl groups is 1. The van der Waals surface area contributed by atoms with Crippen LogP contribution in [0.25, 0.3) is 22.3 Å². The number of aromatic nitrogens is 3. The number of aryl methyl sites for hydroxylation is 1. The van der Waals surface area contributed by atoms with E-state index in [1.807, 2.05) is 40.8 Å². The predicted molar refractivity (Wildman–Crippen MR) is 124 cm³/mol. The minimum absolute atomic E-state index is 0.234. The summed E-state index contributed by atoms with van der Waals surface area (Å²) in [4.78, 5) is 21.9. The van der Waals surface area contributed by atoms with Gasteiger partial charge >= 0.3 is 0 Å². The Morgan fingerprint density at radius 3 is 2.91 bits per heavy atom. The van der Waals surface area contributed by atoms with Gasteiger partial charge in [0.1, 0.15) is 5.69 Å². The Hall–Kier alpha value is -3.07. The van der Waals surface area contributed by atoms with Gasteiger partial charge in [-0.3, -0.25) is 4.79 Å². The number of carbonyl (C=O) groups is 1. The van der Waals surface area contributed by atoms with E-state index in [-0.39, 0.29) is 18.6 Å². The van der Waals surface area contributed by atoms with Crippen molar-refractivity contribution >= 4 is 28.3 Å². The lowest BCUT2D eigenvalue weighted by molar-refractivity contribution is -0.0261. The number of nitrogens with zero attached hydrogens (tertiary/aromatic N) is 3. The zero-order valence-electron chi connectivity index (χ0n) is 17.7. The van der Waals surface area contributed by atoms with Crippen LogP contribution in [0.2, 0.25) is 0 Å². The maximum Gasteiger partial charge on any atom is 0.270 e. The molecule has 4 aromatic rings. The summed E-state index contributed by atoms with van der Waals surface area (Å²) < 4.78 is 7.29. The van der Waals surface area contributed by atoms with Crippen molar-refractivity contribution in [3.63, 3.8) is 0 Å². The number of hydrogen-bond donors (Lipinski definition) is 2. The van der Waals surface area contributed by atoms with Gasteiger partial charge in [0.15, 0.2) is 0 Å². The molecule has 7 nitrogen and oxygen atoms in total. The van der Waals surface area contributed by atoms with Gasteiger partial charge in [-0.2, -0.15) is 0 Å². The fourth-order valence-corrected chi connectivity index (χ4v) is 4.71. The molecule has 0 bridgehead atoms. The van der Waals surface area contributed by atoms with Crippen LogP contribution < -0.4 is 5.32 Å². The number of carbonyl (C=O) groups excluding carboxylic acids is 1. The minimum Gasteiger partial charge on any atom is -0.389 e. The second-order valence-corrected chi connectivity index (χ2v) is 8.80. The van der Waals surface area contributed by atoms with Crippen molar-refractivity contribution in [1.82, 2.24) is 19.9 Å². The first kappa shape index (κ1) is 20.8. The number of pyridine rings is 1. The summed E-state index contributed by atoms with van der Waals surface area (Å²) in [5, 5.41) is 15.1. The molecule has 1 aromatic carbocycles. The molecular formula is C24H24N4O3S. The maximum atomic E-state index is 13.0. The van der Waals surface area contributed by atoms with Crippen molar-refractivity contribution in [2.75, 3.05) is 13.2 Å². The zero-order chi connectivity index (χ0) is 22.1. The van der Waals surface area contributed by atoms with Crippen LogP contribution in [-0.2, 0) is 18.2 Å². The first-order chi connectivity index (χ1) is 15.6. The summed E-state index contributed by atoms with van der Waals surface area (Å²) in [5.41, 5.74) is 8.21. The highest BCUT2D eigenvalue weighted by molar-refractivity contribution is 7.07. The van der Waals surface area contributed by atoms with E-state index in [1.165, 1.54) is 0 Å². The van der Waals surface area contributed by atoms with E-state index in [0.29, 0.717) is 25.1 Å². The van der Waals surface area contributed by atoms with Crippen molar-refractivity contribution in [2.24, 2.45) is 7.05 Å². The monoisotopic (exact) mass is 448 g/mol. The topological polar surface area (TPSA) is 89.3 Å². The van der Waals surface area contributed by atoms with E-state index in [9.17, 15) is 9.90 Å². The number of fused-ring (bicyclic) bond motifs is 1. The van der Waals surface area contributed by atoms with Crippen molar-refractivity contribution in [3.05, 3.63) is 70.3 Å². The molecule has 0 saturated carbocycles. The lowest BCUT2D eigenvalue weighted by Gasteiger charge is -2.28. The molecule has 8 heteroatoms. The molecule has 1 aliphatic rings. The van der Waals surface area contributed by atoms with Gasteiger partial charge in [-0.05, 0) is 36.1 Å². The van der Waals surface area contributed by atoms with Crippen LogP contribution in [-0.4, -0.2) is 50.9 Å². The molecule has 5 rings (SSSR count). The number of rotatable bonds is 5. The summed E-state index contributed by atoms with van der Waals surface area (Å²) in [7, 11) is 1.98. The fraction of sp³-hybridized carbons (Fsp3) is 0.292. The Morgan fingerprint density at radius 2 is 2.16 bits per heavy atom. The number of aliphatic hydroxyl groups excluding tert-OH is 1. The maximum absolute atomic E-state index is 13.0. The van der Waals surface area contributed by atoms with Crippen LogP contribution in [0.1, 0.15) is 28.0 Å². The lowest BCUT2D eigenvalue weighted by atomic mass is 10.0. The quantitative estimate of drug-likeness (QED) is 0.490. The van der Waals surface area contributed by atoms with Crippen molar-refractivity contribution in [2.45, 2.75) is 25.0 Å². The smallest absolute Gasteiger partial charge is 0.270 e. The zero-order valence-corrected chi connectivity index (χ0v) is 18.5. The van der Waals surface area contributed by atoms with Crippen molar-refractivity contribution in [1.29, 1.82) is 0 Å². The van der Waals surface area contributed by atoms with Gasteiger partial charge in [-0.25, -0.2) is 9.97 Å². The number of ether oxygens (including phenoxy) is 1. The Balaban J connectivity index is 1.43. The molecule has 4 heterocycles. The van der Waals surface area contributed by atoms with Gasteiger partial charge in [0.25, 0.3) is 5.91 Å². The van der Waals surface area contributed by atoms with Gasteiger partial charge in [-0.15, -0.1) is 11.3 Å². The summed E-state index contributed by atoms with van der Waals surface area (Å²) in [6.45, 7) is 0.757. The lowest BCUT2D eigenvalue weighted by Crippen LogP contribution is -2.48. The van der Waals surface area contributed by atoms with Crippen LogP contribution in [0.15, 0.2) is 53.5 Å². The average Bonchev–Trinajstić information content (AvgIpc) is 3.46. The summed E-state index contributed by atoms with van der Waals surface area (Å²) in [6.07, 6.45) is 2.51. The standard InChI is InChI=1S/C24H24N4O3S/c1-28-8-6-19-23(28)17(10-15-2-4-16(5-3-15)21-13-32-14-25-21)11-20(26-19)24(30)27-18-7-9-31-12-22(18)29/h2-6,8,11,13-14,18,22,29H,7,9-10,12H2,1H3,(H,27,30)/t18-,22-/m0/s1. The summed E-state index contributed by atoms with van der Waals surface area (Å²) in [6, 6.07) is 11.8. The number of thiazole rings is 1. The molecule has 1 fully saturated rings. The van der Waals surface area contributed by atoms with Gasteiger partial charge in [0.2, 0.25) is 0 Å².